The predicted octanol–water partition coefficient (Wildman–Crippen LogP) is 1.24. The van der Waals surface area contributed by atoms with Gasteiger partial charge >= 0.3 is 0 Å². The zero-order valence-corrected chi connectivity index (χ0v) is 6.52. The van der Waals surface area contributed by atoms with Gasteiger partial charge in [-0.2, -0.15) is 0 Å². The SMILES string of the molecule is C[N+](=O)c1cccc(C=O)c1O. The highest BCUT2D eigenvalue weighted by Crippen LogP contribution is 2.27. The van der Waals surface area contributed by atoms with Crippen LogP contribution in [-0.2, 0) is 0 Å². The van der Waals surface area contributed by atoms with Gasteiger partial charge in [-0.05, 0) is 6.07 Å². The van der Waals surface area contributed by atoms with Crippen molar-refractivity contribution in [3.63, 3.8) is 0 Å². The van der Waals surface area contributed by atoms with Gasteiger partial charge in [-0.25, -0.2) is 0 Å². The molecule has 0 fully saturated rings. The van der Waals surface area contributed by atoms with Crippen LogP contribution in [0.1, 0.15) is 10.4 Å². The molecule has 0 aliphatic carbocycles. The molecule has 1 N–H and O–H groups in total. The van der Waals surface area contributed by atoms with Crippen molar-refractivity contribution in [2.45, 2.75) is 0 Å². The lowest BCUT2D eigenvalue weighted by Crippen LogP contribution is -1.93. The number of aldehydes is 1. The van der Waals surface area contributed by atoms with E-state index in [-0.39, 0.29) is 17.0 Å². The van der Waals surface area contributed by atoms with Gasteiger partial charge in [0.2, 0.25) is 5.75 Å². The van der Waals surface area contributed by atoms with Gasteiger partial charge in [0.25, 0.3) is 5.69 Å². The molecule has 1 aromatic carbocycles. The molecule has 0 heterocycles. The molecule has 0 unspecified atom stereocenters. The zero-order valence-electron chi connectivity index (χ0n) is 6.52. The average Bonchev–Trinajstić information content (AvgIpc) is 2.04. The Labute approximate surface area is 69.0 Å². The number of para-hydroxylation sites is 1. The van der Waals surface area contributed by atoms with Crippen molar-refractivity contribution < 1.29 is 14.7 Å². The Morgan fingerprint density at radius 2 is 2.17 bits per heavy atom. The minimum Gasteiger partial charge on any atom is -0.502 e. The number of hydrogen-bond acceptors (Lipinski definition) is 3. The summed E-state index contributed by atoms with van der Waals surface area (Å²) in [4.78, 5) is 21.1. The topological polar surface area (TPSA) is 57.4 Å². The highest BCUT2D eigenvalue weighted by Gasteiger charge is 2.15. The molecule has 4 heteroatoms. The largest absolute Gasteiger partial charge is 0.502 e. The standard InChI is InChI=1S/C8H7NO3/c1-9(12)7-4-2-3-6(5-10)8(7)11/h2-5H,1H3/p+1. The monoisotopic (exact) mass is 166 g/mol. The summed E-state index contributed by atoms with van der Waals surface area (Å²) < 4.78 is 0.502. The van der Waals surface area contributed by atoms with Crippen molar-refractivity contribution in [2.75, 3.05) is 7.05 Å². The van der Waals surface area contributed by atoms with E-state index in [2.05, 4.69) is 0 Å². The first kappa shape index (κ1) is 8.39. The quantitative estimate of drug-likeness (QED) is 0.531. The Bertz CT molecular complexity index is 333. The van der Waals surface area contributed by atoms with Gasteiger partial charge in [0, 0.05) is 15.7 Å². The van der Waals surface area contributed by atoms with Crippen LogP contribution in [0.3, 0.4) is 0 Å². The molecule has 62 valence electrons. The summed E-state index contributed by atoms with van der Waals surface area (Å²) in [7, 11) is 1.25. The van der Waals surface area contributed by atoms with Gasteiger partial charge < -0.3 is 5.11 Å². The third-order valence-corrected chi connectivity index (χ3v) is 1.51. The van der Waals surface area contributed by atoms with Crippen molar-refractivity contribution in [3.8, 4) is 5.75 Å². The summed E-state index contributed by atoms with van der Waals surface area (Å²) in [5, 5.41) is 9.29. The molecule has 12 heavy (non-hydrogen) atoms. The molecule has 4 nitrogen and oxygen atoms in total. The highest BCUT2D eigenvalue weighted by atomic mass is 16.3. The molecule has 0 atom stereocenters. The summed E-state index contributed by atoms with van der Waals surface area (Å²) in [6.07, 6.45) is 0.502. The number of carbonyl (C=O) groups excluding carboxylic acids is 1. The lowest BCUT2D eigenvalue weighted by atomic mass is 10.2. The number of aromatic hydroxyl groups is 1. The maximum absolute atomic E-state index is 10.8. The maximum atomic E-state index is 10.8. The van der Waals surface area contributed by atoms with Gasteiger partial charge in [0.1, 0.15) is 0 Å². The number of benzene rings is 1. The first-order valence-electron chi connectivity index (χ1n) is 3.35. The molecular formula is C8H8NO3+. The number of hydrogen-bond donors (Lipinski definition) is 1. The summed E-state index contributed by atoms with van der Waals surface area (Å²) in [6.45, 7) is 0. The Morgan fingerprint density at radius 3 is 2.67 bits per heavy atom. The number of carbonyl (C=O) groups is 1. The molecule has 1 rings (SSSR count). The van der Waals surface area contributed by atoms with Gasteiger partial charge in [0.15, 0.2) is 13.3 Å². The minimum absolute atomic E-state index is 0.0969. The molecule has 0 amide bonds. The Kier molecular flexibility index (Phi) is 2.19. The molecule has 0 saturated heterocycles. The number of nitroso groups, excluding NO2 is 1. The van der Waals surface area contributed by atoms with Crippen LogP contribution in [0.4, 0.5) is 5.69 Å². The van der Waals surface area contributed by atoms with Crippen molar-refractivity contribution >= 4 is 12.0 Å². The number of phenols is 1. The van der Waals surface area contributed by atoms with E-state index in [1.54, 1.807) is 0 Å². The van der Waals surface area contributed by atoms with E-state index in [4.69, 9.17) is 0 Å². The first-order valence-corrected chi connectivity index (χ1v) is 3.35. The fourth-order valence-electron chi connectivity index (χ4n) is 0.898. The fourth-order valence-corrected chi connectivity index (χ4v) is 0.898. The Balaban J connectivity index is 3.32. The molecule has 0 radical (unpaired) electrons. The highest BCUT2D eigenvalue weighted by molar-refractivity contribution is 5.81. The second-order valence-electron chi connectivity index (χ2n) is 2.33. The van der Waals surface area contributed by atoms with Crippen LogP contribution >= 0.6 is 0 Å². The van der Waals surface area contributed by atoms with Crippen LogP contribution in [0.15, 0.2) is 18.2 Å². The predicted molar refractivity (Wildman–Crippen MR) is 42.7 cm³/mol. The Hall–Kier alpha value is -1.71. The Morgan fingerprint density at radius 1 is 1.50 bits per heavy atom. The first-order chi connectivity index (χ1) is 5.66. The number of nitrogens with zero attached hydrogens (tertiary/aromatic N) is 1. The summed E-state index contributed by atoms with van der Waals surface area (Å²) >= 11 is 0. The van der Waals surface area contributed by atoms with Crippen molar-refractivity contribution in [3.05, 3.63) is 28.7 Å². The van der Waals surface area contributed by atoms with E-state index in [1.165, 1.54) is 25.2 Å². The summed E-state index contributed by atoms with van der Waals surface area (Å²) in [6, 6.07) is 4.41. The second kappa shape index (κ2) is 3.13. The van der Waals surface area contributed by atoms with Crippen LogP contribution in [0.25, 0.3) is 0 Å². The van der Waals surface area contributed by atoms with E-state index >= 15 is 0 Å². The number of rotatable bonds is 2. The van der Waals surface area contributed by atoms with Crippen molar-refractivity contribution in [2.24, 2.45) is 0 Å². The van der Waals surface area contributed by atoms with Crippen LogP contribution in [0.2, 0.25) is 0 Å². The molecular weight excluding hydrogens is 158 g/mol. The maximum Gasteiger partial charge on any atom is 0.297 e. The molecule has 0 bridgehead atoms. The molecule has 1 aromatic rings. The normalized spacial score (nSPS) is 9.42. The van der Waals surface area contributed by atoms with Crippen LogP contribution in [-0.4, -0.2) is 23.2 Å². The summed E-state index contributed by atoms with van der Waals surface area (Å²) in [5.74, 6) is -0.273. The smallest absolute Gasteiger partial charge is 0.297 e. The van der Waals surface area contributed by atoms with Gasteiger partial charge in [-0.15, -0.1) is 0 Å². The minimum atomic E-state index is -0.273. The van der Waals surface area contributed by atoms with E-state index < -0.39 is 0 Å². The third-order valence-electron chi connectivity index (χ3n) is 1.51. The second-order valence-corrected chi connectivity index (χ2v) is 2.33. The van der Waals surface area contributed by atoms with Crippen LogP contribution in [0.5, 0.6) is 5.75 Å². The summed E-state index contributed by atoms with van der Waals surface area (Å²) in [5.41, 5.74) is 0.217. The van der Waals surface area contributed by atoms with Gasteiger partial charge in [-0.1, -0.05) is 6.07 Å². The van der Waals surface area contributed by atoms with Gasteiger partial charge in [0.05, 0.1) is 5.56 Å². The third kappa shape index (κ3) is 1.32. The molecule has 0 aromatic heterocycles. The van der Waals surface area contributed by atoms with Gasteiger partial charge in [-0.3, -0.25) is 4.79 Å². The molecule has 0 spiro atoms. The van der Waals surface area contributed by atoms with Crippen molar-refractivity contribution in [1.82, 2.24) is 0 Å². The average molecular weight is 166 g/mol. The zero-order chi connectivity index (χ0) is 9.14. The van der Waals surface area contributed by atoms with E-state index in [9.17, 15) is 14.8 Å². The van der Waals surface area contributed by atoms with E-state index in [0.29, 0.717) is 11.0 Å². The lowest BCUT2D eigenvalue weighted by molar-refractivity contribution is -0.429. The van der Waals surface area contributed by atoms with Crippen LogP contribution in [0, 0.1) is 4.91 Å². The van der Waals surface area contributed by atoms with Crippen molar-refractivity contribution in [1.29, 1.82) is 0 Å². The van der Waals surface area contributed by atoms with Crippen LogP contribution < -0.4 is 0 Å². The molecule has 0 aliphatic heterocycles. The molecule has 0 saturated carbocycles. The fraction of sp³-hybridized carbons (Fsp3) is 0.125. The van der Waals surface area contributed by atoms with E-state index in [1.807, 2.05) is 0 Å². The lowest BCUT2D eigenvalue weighted by Gasteiger charge is -1.95. The van der Waals surface area contributed by atoms with E-state index in [0.717, 1.165) is 0 Å². The molecule has 0 aliphatic rings. The number of phenolic OH excluding ortho intramolecular Hbond substituents is 1.